The fourth-order valence-electron chi connectivity index (χ4n) is 2.02. The number of rotatable bonds is 6. The highest BCUT2D eigenvalue weighted by Crippen LogP contribution is 2.15. The minimum absolute atomic E-state index is 0.325. The van der Waals surface area contributed by atoms with Crippen LogP contribution in [0.2, 0.25) is 0 Å². The topological polar surface area (TPSA) is 64.0 Å². The number of para-hydroxylation sites is 1. The number of nitrogens with one attached hydrogen (secondary N) is 1. The standard InChI is InChI=1S/C15H15N3O2S2/c19-22(20,15-7-4-12-21-15)16-10-8-13-9-11-18(17-13)14-5-2-1-3-6-14/h1-7,9,11-12,16H,8,10H2. The highest BCUT2D eigenvalue weighted by Gasteiger charge is 2.14. The third-order valence-corrected chi connectivity index (χ3v) is 5.96. The average Bonchev–Trinajstić information content (AvgIpc) is 3.20. The predicted octanol–water partition coefficient (Wildman–Crippen LogP) is 2.45. The molecule has 3 aromatic rings. The Bertz CT molecular complexity index is 825. The molecule has 114 valence electrons. The Hall–Kier alpha value is -1.96. The first-order valence-electron chi connectivity index (χ1n) is 6.78. The van der Waals surface area contributed by atoms with Gasteiger partial charge in [0.05, 0.1) is 11.4 Å². The zero-order valence-electron chi connectivity index (χ0n) is 11.7. The first-order valence-corrected chi connectivity index (χ1v) is 9.14. The minimum atomic E-state index is -3.40. The quantitative estimate of drug-likeness (QED) is 0.753. The molecule has 2 aromatic heterocycles. The lowest BCUT2D eigenvalue weighted by molar-refractivity contribution is 0.583. The molecule has 0 radical (unpaired) electrons. The summed E-state index contributed by atoms with van der Waals surface area (Å²) in [5.41, 5.74) is 1.82. The summed E-state index contributed by atoms with van der Waals surface area (Å²) in [5, 5.41) is 6.19. The van der Waals surface area contributed by atoms with Gasteiger partial charge in [-0.3, -0.25) is 0 Å². The molecule has 0 spiro atoms. The van der Waals surface area contributed by atoms with Crippen molar-refractivity contribution >= 4 is 21.4 Å². The molecule has 7 heteroatoms. The van der Waals surface area contributed by atoms with Gasteiger partial charge in [-0.15, -0.1) is 11.3 Å². The minimum Gasteiger partial charge on any atom is -0.241 e. The van der Waals surface area contributed by atoms with E-state index >= 15 is 0 Å². The zero-order valence-corrected chi connectivity index (χ0v) is 13.3. The van der Waals surface area contributed by atoms with Crippen LogP contribution in [0.1, 0.15) is 5.69 Å². The van der Waals surface area contributed by atoms with E-state index in [4.69, 9.17) is 0 Å². The van der Waals surface area contributed by atoms with Crippen LogP contribution in [0.15, 0.2) is 64.3 Å². The van der Waals surface area contributed by atoms with Gasteiger partial charge in [-0.1, -0.05) is 24.3 Å². The first-order chi connectivity index (χ1) is 10.6. The Kier molecular flexibility index (Phi) is 4.37. The Morgan fingerprint density at radius 1 is 1.09 bits per heavy atom. The summed E-state index contributed by atoms with van der Waals surface area (Å²) in [7, 11) is -3.40. The Labute approximate surface area is 133 Å². The summed E-state index contributed by atoms with van der Waals surface area (Å²) in [6.07, 6.45) is 2.42. The molecule has 0 fully saturated rings. The Balaban J connectivity index is 1.60. The molecule has 5 nitrogen and oxygen atoms in total. The van der Waals surface area contributed by atoms with Crippen molar-refractivity contribution in [2.75, 3.05) is 6.54 Å². The summed E-state index contributed by atoms with van der Waals surface area (Å²) >= 11 is 1.21. The third kappa shape index (κ3) is 3.44. The molecule has 0 aliphatic heterocycles. The van der Waals surface area contributed by atoms with E-state index in [-0.39, 0.29) is 0 Å². The van der Waals surface area contributed by atoms with Crippen molar-refractivity contribution in [3.63, 3.8) is 0 Å². The smallest absolute Gasteiger partial charge is 0.241 e. The number of aromatic nitrogens is 2. The van der Waals surface area contributed by atoms with Gasteiger partial charge in [0.25, 0.3) is 0 Å². The molecule has 0 unspecified atom stereocenters. The van der Waals surface area contributed by atoms with Crippen molar-refractivity contribution in [3.8, 4) is 5.69 Å². The molecule has 1 N–H and O–H groups in total. The molecule has 0 saturated heterocycles. The van der Waals surface area contributed by atoms with E-state index in [1.54, 1.807) is 22.2 Å². The van der Waals surface area contributed by atoms with Gasteiger partial charge in [0, 0.05) is 19.2 Å². The molecule has 0 amide bonds. The zero-order chi connectivity index (χ0) is 15.4. The third-order valence-electron chi connectivity index (χ3n) is 3.10. The molecule has 0 atom stereocenters. The first kappa shape index (κ1) is 15.0. The molecule has 0 saturated carbocycles. The molecular formula is C15H15N3O2S2. The lowest BCUT2D eigenvalue weighted by Crippen LogP contribution is -2.25. The van der Waals surface area contributed by atoms with Crippen LogP contribution in [0.25, 0.3) is 5.69 Å². The fourth-order valence-corrected chi connectivity index (χ4v) is 4.09. The van der Waals surface area contributed by atoms with Crippen molar-refractivity contribution in [1.82, 2.24) is 14.5 Å². The number of sulfonamides is 1. The Morgan fingerprint density at radius 3 is 2.64 bits per heavy atom. The van der Waals surface area contributed by atoms with E-state index in [1.165, 1.54) is 11.3 Å². The lowest BCUT2D eigenvalue weighted by Gasteiger charge is -2.03. The van der Waals surface area contributed by atoms with Gasteiger partial charge >= 0.3 is 0 Å². The van der Waals surface area contributed by atoms with Gasteiger partial charge in [-0.25, -0.2) is 17.8 Å². The fraction of sp³-hybridized carbons (Fsp3) is 0.133. The van der Waals surface area contributed by atoms with E-state index in [0.29, 0.717) is 17.2 Å². The maximum atomic E-state index is 12.0. The van der Waals surface area contributed by atoms with Gasteiger partial charge in [0.2, 0.25) is 10.0 Å². The van der Waals surface area contributed by atoms with Gasteiger partial charge in [-0.05, 0) is 29.6 Å². The number of benzene rings is 1. The molecular weight excluding hydrogens is 318 g/mol. The van der Waals surface area contributed by atoms with Crippen LogP contribution in [-0.4, -0.2) is 24.7 Å². The highest BCUT2D eigenvalue weighted by atomic mass is 32.2. The molecule has 0 bridgehead atoms. The van der Waals surface area contributed by atoms with Crippen molar-refractivity contribution < 1.29 is 8.42 Å². The monoisotopic (exact) mass is 333 g/mol. The maximum Gasteiger partial charge on any atom is 0.250 e. The van der Waals surface area contributed by atoms with Crippen LogP contribution >= 0.6 is 11.3 Å². The molecule has 3 rings (SSSR count). The number of hydrogen-bond donors (Lipinski definition) is 1. The van der Waals surface area contributed by atoms with Crippen LogP contribution in [0.5, 0.6) is 0 Å². The average molecular weight is 333 g/mol. The summed E-state index contributed by atoms with van der Waals surface area (Å²) < 4.78 is 28.7. The number of hydrogen-bond acceptors (Lipinski definition) is 4. The summed E-state index contributed by atoms with van der Waals surface area (Å²) in [4.78, 5) is 0. The van der Waals surface area contributed by atoms with Crippen molar-refractivity contribution in [1.29, 1.82) is 0 Å². The summed E-state index contributed by atoms with van der Waals surface area (Å²) in [6, 6.07) is 15.0. The van der Waals surface area contributed by atoms with E-state index in [9.17, 15) is 8.42 Å². The van der Waals surface area contributed by atoms with Crippen molar-refractivity contribution in [2.24, 2.45) is 0 Å². The Morgan fingerprint density at radius 2 is 1.91 bits per heavy atom. The van der Waals surface area contributed by atoms with Gasteiger partial charge in [0.15, 0.2) is 0 Å². The van der Waals surface area contributed by atoms with Crippen LogP contribution in [0, 0.1) is 0 Å². The second-order valence-corrected chi connectivity index (χ2v) is 7.61. The summed E-state index contributed by atoms with van der Waals surface area (Å²) in [5.74, 6) is 0. The lowest BCUT2D eigenvalue weighted by atomic mass is 10.3. The molecule has 0 aliphatic carbocycles. The maximum absolute atomic E-state index is 12.0. The van der Waals surface area contributed by atoms with E-state index in [1.807, 2.05) is 42.6 Å². The normalized spacial score (nSPS) is 11.6. The van der Waals surface area contributed by atoms with Crippen LogP contribution in [0.3, 0.4) is 0 Å². The largest absolute Gasteiger partial charge is 0.250 e. The van der Waals surface area contributed by atoms with E-state index in [0.717, 1.165) is 11.4 Å². The molecule has 2 heterocycles. The predicted molar refractivity (Wildman–Crippen MR) is 86.8 cm³/mol. The van der Waals surface area contributed by atoms with Gasteiger partial charge in [0.1, 0.15) is 4.21 Å². The second-order valence-electron chi connectivity index (χ2n) is 4.67. The number of thiophene rings is 1. The molecule has 1 aromatic carbocycles. The van der Waals surface area contributed by atoms with Crippen molar-refractivity contribution in [3.05, 3.63) is 65.8 Å². The highest BCUT2D eigenvalue weighted by molar-refractivity contribution is 7.91. The van der Waals surface area contributed by atoms with E-state index < -0.39 is 10.0 Å². The van der Waals surface area contributed by atoms with Gasteiger partial charge < -0.3 is 0 Å². The SMILES string of the molecule is O=S(=O)(NCCc1ccn(-c2ccccc2)n1)c1cccs1. The molecule has 22 heavy (non-hydrogen) atoms. The van der Waals surface area contributed by atoms with Crippen LogP contribution in [0.4, 0.5) is 0 Å². The van der Waals surface area contributed by atoms with E-state index in [2.05, 4.69) is 9.82 Å². The van der Waals surface area contributed by atoms with Gasteiger partial charge in [-0.2, -0.15) is 5.10 Å². The second kappa shape index (κ2) is 6.43. The van der Waals surface area contributed by atoms with Crippen LogP contribution < -0.4 is 4.72 Å². The number of nitrogens with zero attached hydrogens (tertiary/aromatic N) is 2. The molecule has 0 aliphatic rings. The summed E-state index contributed by atoms with van der Waals surface area (Å²) in [6.45, 7) is 0.325. The van der Waals surface area contributed by atoms with Crippen molar-refractivity contribution in [2.45, 2.75) is 10.6 Å². The van der Waals surface area contributed by atoms with Crippen LogP contribution in [-0.2, 0) is 16.4 Å².